The first-order valence-electron chi connectivity index (χ1n) is 6.49. The van der Waals surface area contributed by atoms with Crippen molar-refractivity contribution in [1.29, 1.82) is 0 Å². The molecule has 1 atom stereocenters. The summed E-state index contributed by atoms with van der Waals surface area (Å²) >= 11 is 5.32. The molecule has 0 bridgehead atoms. The molecular weight excluding hydrogens is 332 g/mol. The molecule has 0 aliphatic carbocycles. The third kappa shape index (κ3) is 2.77. The van der Waals surface area contributed by atoms with Crippen LogP contribution in [0.15, 0.2) is 46.9 Å². The average molecular weight is 347 g/mol. The number of para-hydroxylation sites is 1. The van der Waals surface area contributed by atoms with Gasteiger partial charge in [0, 0.05) is 16.9 Å². The summed E-state index contributed by atoms with van der Waals surface area (Å²) in [5, 5.41) is 1.09. The maximum atomic E-state index is 6.34. The van der Waals surface area contributed by atoms with E-state index in [0.717, 1.165) is 27.0 Å². The number of rotatable bonds is 3. The summed E-state index contributed by atoms with van der Waals surface area (Å²) in [5.74, 6) is 0. The Balaban J connectivity index is 1.86. The number of thiazole rings is 1. The molecule has 20 heavy (non-hydrogen) atoms. The van der Waals surface area contributed by atoms with Gasteiger partial charge in [-0.15, -0.1) is 11.3 Å². The number of nitrogens with zero attached hydrogens (tertiary/aromatic N) is 1. The molecule has 2 nitrogen and oxygen atoms in total. The first-order valence-corrected chi connectivity index (χ1v) is 8.10. The number of hydrogen-bond acceptors (Lipinski definition) is 3. The first kappa shape index (κ1) is 13.7. The van der Waals surface area contributed by atoms with Crippen molar-refractivity contribution in [2.75, 3.05) is 0 Å². The van der Waals surface area contributed by atoms with Crippen LogP contribution in [0.25, 0.3) is 10.2 Å². The maximum absolute atomic E-state index is 6.34. The van der Waals surface area contributed by atoms with Crippen LogP contribution in [0, 0.1) is 6.92 Å². The van der Waals surface area contributed by atoms with Crippen molar-refractivity contribution >= 4 is 37.5 Å². The van der Waals surface area contributed by atoms with Gasteiger partial charge in [-0.05, 0) is 36.2 Å². The molecule has 2 aromatic carbocycles. The summed E-state index contributed by atoms with van der Waals surface area (Å²) in [6.45, 7) is 2.08. The van der Waals surface area contributed by atoms with E-state index in [1.54, 1.807) is 11.3 Å². The second kappa shape index (κ2) is 5.64. The summed E-state index contributed by atoms with van der Waals surface area (Å²) < 4.78 is 2.30. The summed E-state index contributed by atoms with van der Waals surface area (Å²) in [4.78, 5) is 4.65. The van der Waals surface area contributed by atoms with Crippen molar-refractivity contribution in [3.63, 3.8) is 0 Å². The fourth-order valence-electron chi connectivity index (χ4n) is 2.24. The molecule has 1 heterocycles. The van der Waals surface area contributed by atoms with E-state index in [1.165, 1.54) is 10.3 Å². The highest BCUT2D eigenvalue weighted by Gasteiger charge is 2.13. The summed E-state index contributed by atoms with van der Waals surface area (Å²) in [5.41, 5.74) is 9.76. The number of fused-ring (bicyclic) bond motifs is 1. The van der Waals surface area contributed by atoms with Gasteiger partial charge in [0.1, 0.15) is 0 Å². The minimum atomic E-state index is -0.0365. The molecule has 1 aromatic heterocycles. The van der Waals surface area contributed by atoms with Crippen molar-refractivity contribution in [3.05, 3.63) is 63.1 Å². The third-order valence-electron chi connectivity index (χ3n) is 3.29. The molecule has 2 N–H and O–H groups in total. The molecule has 0 aliphatic heterocycles. The minimum Gasteiger partial charge on any atom is -0.324 e. The molecule has 0 saturated heterocycles. The smallest absolute Gasteiger partial charge is 0.0957 e. The molecule has 0 aliphatic rings. The number of aromatic nitrogens is 1. The fraction of sp³-hybridized carbons (Fsp3) is 0.188. The Labute approximate surface area is 130 Å². The van der Waals surface area contributed by atoms with Gasteiger partial charge in [0.05, 0.1) is 15.2 Å². The minimum absolute atomic E-state index is 0.0365. The van der Waals surface area contributed by atoms with Crippen molar-refractivity contribution in [1.82, 2.24) is 4.98 Å². The van der Waals surface area contributed by atoms with Gasteiger partial charge in [0.15, 0.2) is 0 Å². The Morgan fingerprint density at radius 1 is 1.25 bits per heavy atom. The Kier molecular flexibility index (Phi) is 3.87. The molecule has 0 saturated carbocycles. The lowest BCUT2D eigenvalue weighted by atomic mass is 10.0. The summed E-state index contributed by atoms with van der Waals surface area (Å²) in [6, 6.07) is 14.5. The van der Waals surface area contributed by atoms with Crippen LogP contribution in [0.4, 0.5) is 0 Å². The van der Waals surface area contributed by atoms with Gasteiger partial charge in [-0.1, -0.05) is 40.2 Å². The zero-order chi connectivity index (χ0) is 14.1. The molecular formula is C16H15BrN2S. The van der Waals surface area contributed by atoms with E-state index in [0.29, 0.717) is 0 Å². The molecule has 102 valence electrons. The van der Waals surface area contributed by atoms with Crippen LogP contribution in [0.3, 0.4) is 0 Å². The molecule has 3 rings (SSSR count). The number of benzene rings is 2. The number of hydrogen-bond donors (Lipinski definition) is 1. The van der Waals surface area contributed by atoms with Crippen LogP contribution < -0.4 is 5.73 Å². The van der Waals surface area contributed by atoms with Crippen molar-refractivity contribution < 1.29 is 0 Å². The molecule has 0 radical (unpaired) electrons. The van der Waals surface area contributed by atoms with Gasteiger partial charge in [0.2, 0.25) is 0 Å². The Morgan fingerprint density at radius 3 is 2.80 bits per heavy atom. The quantitative estimate of drug-likeness (QED) is 0.751. The van der Waals surface area contributed by atoms with Crippen LogP contribution in [-0.2, 0) is 6.42 Å². The number of aryl methyl sites for hydroxylation is 1. The van der Waals surface area contributed by atoms with Gasteiger partial charge < -0.3 is 5.73 Å². The number of halogens is 1. The van der Waals surface area contributed by atoms with Gasteiger partial charge in [-0.2, -0.15) is 0 Å². The number of nitrogens with two attached hydrogens (primary N) is 1. The molecule has 0 fully saturated rings. The normalized spacial score (nSPS) is 12.8. The zero-order valence-electron chi connectivity index (χ0n) is 11.1. The van der Waals surface area contributed by atoms with Gasteiger partial charge in [-0.3, -0.25) is 0 Å². The van der Waals surface area contributed by atoms with E-state index in [4.69, 9.17) is 5.73 Å². The van der Waals surface area contributed by atoms with Gasteiger partial charge in [0.25, 0.3) is 0 Å². The zero-order valence-corrected chi connectivity index (χ0v) is 13.5. The van der Waals surface area contributed by atoms with Gasteiger partial charge >= 0.3 is 0 Å². The van der Waals surface area contributed by atoms with Crippen LogP contribution >= 0.6 is 27.3 Å². The van der Waals surface area contributed by atoms with Gasteiger partial charge in [-0.25, -0.2) is 4.98 Å². The fourth-order valence-corrected chi connectivity index (χ4v) is 4.05. The second-order valence-electron chi connectivity index (χ2n) is 4.91. The highest BCUT2D eigenvalue weighted by molar-refractivity contribution is 9.10. The molecule has 1 unspecified atom stereocenters. The Morgan fingerprint density at radius 2 is 2.05 bits per heavy atom. The summed E-state index contributed by atoms with van der Waals surface area (Å²) in [7, 11) is 0. The maximum Gasteiger partial charge on any atom is 0.0957 e. The molecule has 0 spiro atoms. The largest absolute Gasteiger partial charge is 0.324 e. The first-order chi connectivity index (χ1) is 9.63. The monoisotopic (exact) mass is 346 g/mol. The predicted molar refractivity (Wildman–Crippen MR) is 89.1 cm³/mol. The average Bonchev–Trinajstić information content (AvgIpc) is 2.80. The standard InChI is InChI=1S/C16H15BrN2S/c1-10-6-7-11(12(17)8-10)13(18)9-16-19-14-4-2-3-5-15(14)20-16/h2-8,13H,9,18H2,1H3. The van der Waals surface area contributed by atoms with Crippen LogP contribution in [0.2, 0.25) is 0 Å². The van der Waals surface area contributed by atoms with E-state index in [2.05, 4.69) is 52.1 Å². The lowest BCUT2D eigenvalue weighted by molar-refractivity contribution is 0.715. The molecule has 3 aromatic rings. The van der Waals surface area contributed by atoms with Crippen LogP contribution in [0.1, 0.15) is 22.2 Å². The lowest BCUT2D eigenvalue weighted by Gasteiger charge is -2.13. The third-order valence-corrected chi connectivity index (χ3v) is 5.03. The van der Waals surface area contributed by atoms with E-state index < -0.39 is 0 Å². The van der Waals surface area contributed by atoms with Crippen molar-refractivity contribution in [2.45, 2.75) is 19.4 Å². The highest BCUT2D eigenvalue weighted by Crippen LogP contribution is 2.28. The highest BCUT2D eigenvalue weighted by atomic mass is 79.9. The van der Waals surface area contributed by atoms with Crippen LogP contribution in [-0.4, -0.2) is 4.98 Å². The van der Waals surface area contributed by atoms with Crippen molar-refractivity contribution in [3.8, 4) is 0 Å². The van der Waals surface area contributed by atoms with Crippen molar-refractivity contribution in [2.24, 2.45) is 5.73 Å². The Hall–Kier alpha value is -1.23. The summed E-state index contributed by atoms with van der Waals surface area (Å²) in [6.07, 6.45) is 0.765. The van der Waals surface area contributed by atoms with E-state index >= 15 is 0 Å². The molecule has 4 heteroatoms. The molecule has 0 amide bonds. The van der Waals surface area contributed by atoms with Crippen LogP contribution in [0.5, 0.6) is 0 Å². The topological polar surface area (TPSA) is 38.9 Å². The second-order valence-corrected chi connectivity index (χ2v) is 6.88. The van der Waals surface area contributed by atoms with E-state index in [-0.39, 0.29) is 6.04 Å². The Bertz CT molecular complexity index is 718. The predicted octanol–water partition coefficient (Wildman–Crippen LogP) is 4.61. The van der Waals surface area contributed by atoms with E-state index in [9.17, 15) is 0 Å². The SMILES string of the molecule is Cc1ccc(C(N)Cc2nc3ccccc3s2)c(Br)c1. The van der Waals surface area contributed by atoms with E-state index in [1.807, 2.05) is 18.2 Å². The lowest BCUT2D eigenvalue weighted by Crippen LogP contribution is -2.13.